The fourth-order valence-corrected chi connectivity index (χ4v) is 2.15. The normalized spacial score (nSPS) is 10.1. The van der Waals surface area contributed by atoms with Crippen molar-refractivity contribution in [3.63, 3.8) is 0 Å². The number of hydrogen-bond donors (Lipinski definition) is 0. The third kappa shape index (κ3) is 2.39. The van der Waals surface area contributed by atoms with E-state index in [-0.39, 0.29) is 16.9 Å². The Morgan fingerprint density at radius 2 is 1.95 bits per heavy atom. The number of hydrogen-bond acceptors (Lipinski definition) is 3. The molecule has 0 unspecified atom stereocenters. The first-order chi connectivity index (χ1) is 9.43. The van der Waals surface area contributed by atoms with Crippen LogP contribution in [0.4, 0.5) is 0 Å². The molecule has 0 bridgehead atoms. The summed E-state index contributed by atoms with van der Waals surface area (Å²) in [6.07, 6.45) is 1.46. The molecule has 0 fully saturated rings. The molecule has 0 N–H and O–H groups in total. The zero-order chi connectivity index (χ0) is 14.9. The van der Waals surface area contributed by atoms with E-state index < -0.39 is 5.56 Å². The van der Waals surface area contributed by atoms with Crippen LogP contribution in [0.3, 0.4) is 0 Å². The molecule has 0 spiro atoms. The van der Waals surface area contributed by atoms with Gasteiger partial charge in [-0.3, -0.25) is 14.2 Å². The number of carbonyl (C=O) groups is 1. The van der Waals surface area contributed by atoms with E-state index in [4.69, 9.17) is 5.26 Å². The Kier molecular flexibility index (Phi) is 3.53. The Balaban J connectivity index is 2.80. The van der Waals surface area contributed by atoms with Crippen molar-refractivity contribution in [3.8, 4) is 11.8 Å². The Labute approximate surface area is 116 Å². The van der Waals surface area contributed by atoms with E-state index in [1.54, 1.807) is 0 Å². The number of carbonyl (C=O) groups excluding carboxylic acids is 1. The van der Waals surface area contributed by atoms with Gasteiger partial charge in [-0.25, -0.2) is 0 Å². The zero-order valence-electron chi connectivity index (χ0n) is 11.6. The largest absolute Gasteiger partial charge is 0.294 e. The SMILES string of the molecule is CC(=O)c1cc(C#N)cn(-c2ccc(C)cc2C)c1=O. The van der Waals surface area contributed by atoms with Crippen molar-refractivity contribution in [2.45, 2.75) is 20.8 Å². The van der Waals surface area contributed by atoms with Crippen molar-refractivity contribution < 1.29 is 4.79 Å². The lowest BCUT2D eigenvalue weighted by atomic mass is 10.1. The topological polar surface area (TPSA) is 62.9 Å². The molecule has 0 aliphatic rings. The molecule has 100 valence electrons. The molecule has 0 aliphatic heterocycles. The van der Waals surface area contributed by atoms with Gasteiger partial charge in [0.05, 0.1) is 16.8 Å². The van der Waals surface area contributed by atoms with Crippen LogP contribution in [0.5, 0.6) is 0 Å². The number of Topliss-reactive ketones (excluding diaryl/α,β-unsaturated/α-hetero) is 1. The summed E-state index contributed by atoms with van der Waals surface area (Å²) in [6, 6.07) is 8.98. The van der Waals surface area contributed by atoms with Crippen molar-refractivity contribution in [2.75, 3.05) is 0 Å². The fraction of sp³-hybridized carbons (Fsp3) is 0.188. The second-order valence-electron chi connectivity index (χ2n) is 4.78. The van der Waals surface area contributed by atoms with Gasteiger partial charge in [0.1, 0.15) is 6.07 Å². The second-order valence-corrected chi connectivity index (χ2v) is 4.78. The van der Waals surface area contributed by atoms with E-state index in [2.05, 4.69) is 0 Å². The molecule has 4 heteroatoms. The average molecular weight is 266 g/mol. The van der Waals surface area contributed by atoms with Gasteiger partial charge in [-0.15, -0.1) is 0 Å². The summed E-state index contributed by atoms with van der Waals surface area (Å²) in [5, 5.41) is 9.04. The summed E-state index contributed by atoms with van der Waals surface area (Å²) in [4.78, 5) is 23.9. The first-order valence-corrected chi connectivity index (χ1v) is 6.19. The van der Waals surface area contributed by atoms with Gasteiger partial charge in [0, 0.05) is 6.20 Å². The number of aryl methyl sites for hydroxylation is 2. The first-order valence-electron chi connectivity index (χ1n) is 6.19. The van der Waals surface area contributed by atoms with Crippen molar-refractivity contribution in [2.24, 2.45) is 0 Å². The highest BCUT2D eigenvalue weighted by Gasteiger charge is 2.13. The van der Waals surface area contributed by atoms with E-state index in [1.807, 2.05) is 38.1 Å². The molecule has 1 aromatic heterocycles. The third-order valence-corrected chi connectivity index (χ3v) is 3.14. The van der Waals surface area contributed by atoms with Crippen LogP contribution < -0.4 is 5.56 Å². The highest BCUT2D eigenvalue weighted by atomic mass is 16.1. The van der Waals surface area contributed by atoms with Crippen LogP contribution in [0.2, 0.25) is 0 Å². The van der Waals surface area contributed by atoms with E-state index in [0.717, 1.165) is 11.1 Å². The van der Waals surface area contributed by atoms with E-state index in [9.17, 15) is 9.59 Å². The molecule has 1 aromatic carbocycles. The van der Waals surface area contributed by atoms with Crippen LogP contribution in [0.1, 0.15) is 34.0 Å². The fourth-order valence-electron chi connectivity index (χ4n) is 2.15. The van der Waals surface area contributed by atoms with Crippen molar-refractivity contribution in [3.05, 3.63) is 63.1 Å². The molecule has 1 heterocycles. The van der Waals surface area contributed by atoms with Gasteiger partial charge in [0.25, 0.3) is 5.56 Å². The van der Waals surface area contributed by atoms with Gasteiger partial charge >= 0.3 is 0 Å². The number of rotatable bonds is 2. The number of nitriles is 1. The summed E-state index contributed by atoms with van der Waals surface area (Å²) in [6.45, 7) is 5.18. The van der Waals surface area contributed by atoms with Crippen molar-refractivity contribution >= 4 is 5.78 Å². The molecular weight excluding hydrogens is 252 g/mol. The quantitative estimate of drug-likeness (QED) is 0.785. The lowest BCUT2D eigenvalue weighted by Gasteiger charge is -2.11. The molecule has 2 aromatic rings. The molecule has 4 nitrogen and oxygen atoms in total. The maximum absolute atomic E-state index is 12.3. The number of benzene rings is 1. The predicted molar refractivity (Wildman–Crippen MR) is 76.2 cm³/mol. The molecule has 0 radical (unpaired) electrons. The van der Waals surface area contributed by atoms with Gasteiger partial charge < -0.3 is 0 Å². The summed E-state index contributed by atoms with van der Waals surface area (Å²) in [7, 11) is 0. The minimum atomic E-state index is -0.400. The Hall–Kier alpha value is -2.67. The highest BCUT2D eigenvalue weighted by Crippen LogP contribution is 2.15. The third-order valence-electron chi connectivity index (χ3n) is 3.14. The maximum atomic E-state index is 12.3. The summed E-state index contributed by atoms with van der Waals surface area (Å²) in [5.74, 6) is -0.342. The molecule has 0 atom stereocenters. The Morgan fingerprint density at radius 3 is 2.50 bits per heavy atom. The standard InChI is InChI=1S/C16H14N2O2/c1-10-4-5-15(11(2)6-10)18-9-13(8-17)7-14(12(3)19)16(18)20/h4-7,9H,1-3H3. The molecule has 20 heavy (non-hydrogen) atoms. The molecule has 0 aliphatic carbocycles. The van der Waals surface area contributed by atoms with Gasteiger partial charge in [-0.2, -0.15) is 5.26 Å². The van der Waals surface area contributed by atoms with Crippen LogP contribution in [0, 0.1) is 25.2 Å². The zero-order valence-corrected chi connectivity index (χ0v) is 11.6. The van der Waals surface area contributed by atoms with Gasteiger partial charge in [0.2, 0.25) is 0 Å². The number of aromatic nitrogens is 1. The smallest absolute Gasteiger partial charge is 0.266 e. The van der Waals surface area contributed by atoms with Crippen LogP contribution in [0.25, 0.3) is 5.69 Å². The maximum Gasteiger partial charge on any atom is 0.266 e. The van der Waals surface area contributed by atoms with Crippen LogP contribution in [-0.4, -0.2) is 10.4 Å². The number of nitrogens with zero attached hydrogens (tertiary/aromatic N) is 2. The minimum Gasteiger partial charge on any atom is -0.294 e. The lowest BCUT2D eigenvalue weighted by molar-refractivity contribution is 0.101. The van der Waals surface area contributed by atoms with Crippen LogP contribution >= 0.6 is 0 Å². The van der Waals surface area contributed by atoms with E-state index >= 15 is 0 Å². The summed E-state index contributed by atoms with van der Waals surface area (Å²) < 4.78 is 1.37. The Morgan fingerprint density at radius 1 is 1.25 bits per heavy atom. The van der Waals surface area contributed by atoms with E-state index in [1.165, 1.54) is 23.8 Å². The van der Waals surface area contributed by atoms with Crippen molar-refractivity contribution in [1.82, 2.24) is 4.57 Å². The second kappa shape index (κ2) is 5.14. The van der Waals surface area contributed by atoms with Gasteiger partial charge in [-0.1, -0.05) is 17.7 Å². The minimum absolute atomic E-state index is 0.0315. The molecule has 0 saturated carbocycles. The van der Waals surface area contributed by atoms with E-state index in [0.29, 0.717) is 5.69 Å². The number of pyridine rings is 1. The van der Waals surface area contributed by atoms with Gasteiger partial charge in [0.15, 0.2) is 5.78 Å². The first kappa shape index (κ1) is 13.8. The molecule has 0 amide bonds. The molecular formula is C16H14N2O2. The van der Waals surface area contributed by atoms with Gasteiger partial charge in [-0.05, 0) is 38.5 Å². The lowest BCUT2D eigenvalue weighted by Crippen LogP contribution is -2.25. The van der Waals surface area contributed by atoms with Crippen LogP contribution in [-0.2, 0) is 0 Å². The predicted octanol–water partition coefficient (Wildman–Crippen LogP) is 2.53. The molecule has 2 rings (SSSR count). The van der Waals surface area contributed by atoms with Crippen LogP contribution in [0.15, 0.2) is 35.3 Å². The molecule has 0 saturated heterocycles. The average Bonchev–Trinajstić information content (AvgIpc) is 2.39. The Bertz CT molecular complexity index is 795. The van der Waals surface area contributed by atoms with Crippen molar-refractivity contribution in [1.29, 1.82) is 5.26 Å². The monoisotopic (exact) mass is 266 g/mol. The summed E-state index contributed by atoms with van der Waals surface area (Å²) >= 11 is 0. The summed E-state index contributed by atoms with van der Waals surface area (Å²) in [5.41, 5.74) is 2.60. The number of ketones is 1. The highest BCUT2D eigenvalue weighted by molar-refractivity contribution is 5.94.